The molecule has 2 heterocycles. The molecule has 7 fully saturated rings. The van der Waals surface area contributed by atoms with Crippen LogP contribution in [0, 0.1) is 50.7 Å². The van der Waals surface area contributed by atoms with Crippen molar-refractivity contribution in [3.05, 3.63) is 0 Å². The number of fused-ring (bicyclic) bond motifs is 4. The van der Waals surface area contributed by atoms with E-state index < -0.39 is 29.9 Å². The number of hydrogen-bond acceptors (Lipinski definition) is 8. The molecule has 7 aliphatic rings. The van der Waals surface area contributed by atoms with E-state index in [2.05, 4.69) is 53.4 Å². The number of ether oxygens (including phenoxy) is 4. The highest BCUT2D eigenvalue weighted by Gasteiger charge is 2.84. The zero-order chi connectivity index (χ0) is 34.1. The van der Waals surface area contributed by atoms with Crippen LogP contribution in [0.25, 0.3) is 0 Å². The van der Waals surface area contributed by atoms with E-state index in [4.69, 9.17) is 18.9 Å². The number of nitrogens with zero attached hydrogens (tertiary/aromatic N) is 1. The van der Waals surface area contributed by atoms with Gasteiger partial charge in [0.1, 0.15) is 0 Å². The third-order valence-corrected chi connectivity index (χ3v) is 16.2. The van der Waals surface area contributed by atoms with Gasteiger partial charge in [-0.25, -0.2) is 0 Å². The molecule has 0 bridgehead atoms. The Morgan fingerprint density at radius 2 is 1.70 bits per heavy atom. The van der Waals surface area contributed by atoms with Crippen LogP contribution in [0.4, 0.5) is 0 Å². The molecule has 0 aromatic heterocycles. The summed E-state index contributed by atoms with van der Waals surface area (Å²) in [5, 5.41) is 23.6. The maximum Gasteiger partial charge on any atom is 0.303 e. The summed E-state index contributed by atoms with van der Waals surface area (Å²) in [6.45, 7) is 24.0. The van der Waals surface area contributed by atoms with Gasteiger partial charge in [0.05, 0.1) is 36.6 Å². The van der Waals surface area contributed by atoms with Gasteiger partial charge in [-0.3, -0.25) is 9.69 Å². The van der Waals surface area contributed by atoms with Crippen molar-refractivity contribution in [3.8, 4) is 0 Å². The van der Waals surface area contributed by atoms with Gasteiger partial charge in [-0.2, -0.15) is 0 Å². The average Bonchev–Trinajstić information content (AvgIpc) is 3.61. The maximum atomic E-state index is 12.6. The van der Waals surface area contributed by atoms with Gasteiger partial charge >= 0.3 is 5.97 Å². The first kappa shape index (κ1) is 34.7. The fourth-order valence-electron chi connectivity index (χ4n) is 14.0. The molecule has 0 amide bonds. The van der Waals surface area contributed by atoms with Crippen molar-refractivity contribution >= 4 is 5.97 Å². The second-order valence-corrected chi connectivity index (χ2v) is 19.3. The summed E-state index contributed by atoms with van der Waals surface area (Å²) in [6.07, 6.45) is 6.85. The molecule has 0 aromatic carbocycles. The fourth-order valence-corrected chi connectivity index (χ4v) is 14.0. The lowest BCUT2D eigenvalue weighted by Gasteiger charge is -2.64. The van der Waals surface area contributed by atoms with Gasteiger partial charge < -0.3 is 29.2 Å². The summed E-state index contributed by atoms with van der Waals surface area (Å²) in [4.78, 5) is 14.6. The number of morpholine rings is 1. The van der Waals surface area contributed by atoms with Crippen LogP contribution in [0.2, 0.25) is 0 Å². The minimum atomic E-state index is -1.25. The van der Waals surface area contributed by atoms with E-state index in [0.717, 1.165) is 39.0 Å². The second kappa shape index (κ2) is 11.1. The summed E-state index contributed by atoms with van der Waals surface area (Å²) in [6, 6.07) is 0.499. The summed E-state index contributed by atoms with van der Waals surface area (Å²) >= 11 is 0. The van der Waals surface area contributed by atoms with Crippen LogP contribution in [0.1, 0.15) is 121 Å². The van der Waals surface area contributed by atoms with Crippen LogP contribution in [0.3, 0.4) is 0 Å². The van der Waals surface area contributed by atoms with Gasteiger partial charge in [0.25, 0.3) is 0 Å². The van der Waals surface area contributed by atoms with Crippen LogP contribution in [-0.2, 0) is 23.7 Å². The number of rotatable bonds is 6. The van der Waals surface area contributed by atoms with E-state index in [0.29, 0.717) is 29.7 Å². The van der Waals surface area contributed by atoms with Gasteiger partial charge in [0.2, 0.25) is 0 Å². The molecular formula is C39H65NO7. The summed E-state index contributed by atoms with van der Waals surface area (Å²) < 4.78 is 25.6. The molecule has 5 saturated carbocycles. The van der Waals surface area contributed by atoms with Crippen molar-refractivity contribution < 1.29 is 34.0 Å². The fraction of sp³-hybridized carbons (Fsp3) is 0.974. The molecule has 5 unspecified atom stereocenters. The highest BCUT2D eigenvalue weighted by Crippen LogP contribution is 2.89. The Morgan fingerprint density at radius 1 is 1.02 bits per heavy atom. The Balaban J connectivity index is 1.13. The predicted octanol–water partition coefficient (Wildman–Crippen LogP) is 5.95. The molecular weight excluding hydrogens is 594 g/mol. The molecule has 8 nitrogen and oxygen atoms in total. The number of esters is 1. The van der Waals surface area contributed by atoms with Crippen LogP contribution in [0.15, 0.2) is 0 Å². The molecule has 268 valence electrons. The van der Waals surface area contributed by atoms with Gasteiger partial charge in [-0.15, -0.1) is 0 Å². The second-order valence-electron chi connectivity index (χ2n) is 19.3. The lowest BCUT2D eigenvalue weighted by Crippen LogP contribution is -2.60. The minimum absolute atomic E-state index is 0.0455. The van der Waals surface area contributed by atoms with Gasteiger partial charge in [0, 0.05) is 31.5 Å². The smallest absolute Gasteiger partial charge is 0.303 e. The molecule has 47 heavy (non-hydrogen) atoms. The van der Waals surface area contributed by atoms with Crippen molar-refractivity contribution in [3.63, 3.8) is 0 Å². The molecule has 8 heteroatoms. The minimum Gasteiger partial charge on any atom is -0.457 e. The molecule has 0 radical (unpaired) electrons. The van der Waals surface area contributed by atoms with E-state index in [1.165, 1.54) is 32.6 Å². The van der Waals surface area contributed by atoms with Crippen molar-refractivity contribution in [2.75, 3.05) is 19.7 Å². The first-order chi connectivity index (χ1) is 21.8. The van der Waals surface area contributed by atoms with Crippen molar-refractivity contribution in [1.29, 1.82) is 0 Å². The third-order valence-electron chi connectivity index (χ3n) is 16.2. The monoisotopic (exact) mass is 659 g/mol. The van der Waals surface area contributed by atoms with Crippen molar-refractivity contribution in [2.45, 2.75) is 169 Å². The molecule has 14 atom stereocenters. The number of carbonyl (C=O) groups excluding carboxylic acids is 1. The van der Waals surface area contributed by atoms with Crippen LogP contribution < -0.4 is 0 Å². The van der Waals surface area contributed by atoms with E-state index >= 15 is 0 Å². The number of hydrogen-bond donors (Lipinski definition) is 2. The maximum absolute atomic E-state index is 12.6. The van der Waals surface area contributed by atoms with Crippen LogP contribution in [-0.4, -0.2) is 89.2 Å². The molecule has 2 saturated heterocycles. The zero-order valence-electron chi connectivity index (χ0n) is 31.0. The Labute approximate surface area is 284 Å². The summed E-state index contributed by atoms with van der Waals surface area (Å²) in [7, 11) is 0. The molecule has 2 aliphatic heterocycles. The SMILES string of the molecule is CC(=O)O[C@@H](C1C[C@@H](C)C2C(O1)[C@H](O)[C@@]1(C)[C@@H]3CC[C@H]4C(C)(C)[C@@H](OC5CN(C(C)C)CCO5)CC[C@@]45CC35CC[C@]21C)C(C)(C)O. The van der Waals surface area contributed by atoms with Gasteiger partial charge in [-0.05, 0) is 124 Å². The Hall–Kier alpha value is -0.770. The lowest BCUT2D eigenvalue weighted by atomic mass is 9.41. The average molecular weight is 660 g/mol. The highest BCUT2D eigenvalue weighted by atomic mass is 16.7. The first-order valence-corrected chi connectivity index (χ1v) is 19.1. The third kappa shape index (κ3) is 4.76. The van der Waals surface area contributed by atoms with E-state index in [1.807, 2.05) is 0 Å². The topological polar surface area (TPSA) is 97.7 Å². The number of carbonyl (C=O) groups is 1. The highest BCUT2D eigenvalue weighted by molar-refractivity contribution is 5.66. The van der Waals surface area contributed by atoms with Crippen LogP contribution in [0.5, 0.6) is 0 Å². The van der Waals surface area contributed by atoms with Gasteiger partial charge in [0.15, 0.2) is 12.4 Å². The molecule has 7 rings (SSSR count). The molecule has 2 spiro atoms. The summed E-state index contributed by atoms with van der Waals surface area (Å²) in [5.74, 6) is 1.15. The molecule has 2 N–H and O–H groups in total. The van der Waals surface area contributed by atoms with E-state index in [9.17, 15) is 15.0 Å². The number of aliphatic hydroxyl groups excluding tert-OH is 1. The van der Waals surface area contributed by atoms with Crippen LogP contribution >= 0.6 is 0 Å². The van der Waals surface area contributed by atoms with E-state index in [1.54, 1.807) is 13.8 Å². The largest absolute Gasteiger partial charge is 0.457 e. The van der Waals surface area contributed by atoms with Crippen molar-refractivity contribution in [1.82, 2.24) is 4.90 Å². The Bertz CT molecular complexity index is 1230. The van der Waals surface area contributed by atoms with Crippen molar-refractivity contribution in [2.24, 2.45) is 50.7 Å². The lowest BCUT2D eigenvalue weighted by molar-refractivity contribution is -0.250. The van der Waals surface area contributed by atoms with Gasteiger partial charge in [-0.1, -0.05) is 34.6 Å². The molecule has 0 aromatic rings. The zero-order valence-corrected chi connectivity index (χ0v) is 31.0. The Kier molecular flexibility index (Phi) is 8.20. The number of aliphatic hydroxyl groups is 2. The first-order valence-electron chi connectivity index (χ1n) is 19.1. The predicted molar refractivity (Wildman–Crippen MR) is 179 cm³/mol. The molecule has 5 aliphatic carbocycles. The normalized spacial score (nSPS) is 51.2. The van der Waals surface area contributed by atoms with E-state index in [-0.39, 0.29) is 52.0 Å². The standard InChI is InChI=1S/C39H65NO7/c1-22(2)40-17-18-44-29(20-40)47-28-13-14-38-21-39(38)16-15-36(9)30-23(3)19-25(33(35(7,8)43)45-24(4)41)46-31(30)32(42)37(36,10)27(39)12-11-26(38)34(28,5)6/h22-23,25-33,42-43H,11-21H2,1-10H3/t23-,25?,26+,27+,28+,29?,30?,31?,32+,33+,36-,37-,38-,39?/m1/s1. The summed E-state index contributed by atoms with van der Waals surface area (Å²) in [5.41, 5.74) is -0.902. The Morgan fingerprint density at radius 3 is 2.36 bits per heavy atom. The quantitative estimate of drug-likeness (QED) is 0.338.